The van der Waals surface area contributed by atoms with Gasteiger partial charge in [-0.1, -0.05) is 38.3 Å². The van der Waals surface area contributed by atoms with Gasteiger partial charge in [-0.2, -0.15) is 0 Å². The van der Waals surface area contributed by atoms with Gasteiger partial charge < -0.3 is 0 Å². The highest BCUT2D eigenvalue weighted by Crippen LogP contribution is 2.12. The highest BCUT2D eigenvalue weighted by Gasteiger charge is 2.13. The zero-order chi connectivity index (χ0) is 18.9. The van der Waals surface area contributed by atoms with E-state index in [-0.39, 0.29) is 24.2 Å². The zero-order valence-electron chi connectivity index (χ0n) is 14.8. The summed E-state index contributed by atoms with van der Waals surface area (Å²) in [5, 5.41) is 21.8. The van der Waals surface area contributed by atoms with Crippen molar-refractivity contribution >= 4 is 6.29 Å². The number of allylic oxidation sites excluding steroid dienone is 4. The molecule has 0 atom stereocenters. The Morgan fingerprint density at radius 3 is 2.08 bits per heavy atom. The number of hydrogen-bond donors (Lipinski definition) is 0. The fourth-order valence-electron chi connectivity index (χ4n) is 2.23. The Kier molecular flexibility index (Phi) is 13.8. The largest absolute Gasteiger partial charge is 0.291 e. The van der Waals surface area contributed by atoms with Crippen LogP contribution >= 0.6 is 0 Å². The summed E-state index contributed by atoms with van der Waals surface area (Å²) in [6.07, 6.45) is 15.4. The molecule has 0 aliphatic carbocycles. The van der Waals surface area contributed by atoms with Gasteiger partial charge in [0.25, 0.3) is 0 Å². The summed E-state index contributed by atoms with van der Waals surface area (Å²) in [5.41, 5.74) is -0.0387. The van der Waals surface area contributed by atoms with E-state index in [2.05, 4.69) is 0 Å². The predicted octanol–water partition coefficient (Wildman–Crippen LogP) is 4.89. The second kappa shape index (κ2) is 15.2. The molecule has 0 rings (SSSR count). The second-order valence-corrected chi connectivity index (χ2v) is 5.64. The minimum Gasteiger partial charge on any atom is -0.291 e. The van der Waals surface area contributed by atoms with Crippen molar-refractivity contribution in [2.24, 2.45) is 0 Å². The lowest BCUT2D eigenvalue weighted by Crippen LogP contribution is -2.01. The lowest BCUT2D eigenvalue weighted by molar-refractivity contribution is -0.431. The van der Waals surface area contributed by atoms with Crippen LogP contribution in [0.3, 0.4) is 0 Å². The van der Waals surface area contributed by atoms with E-state index in [4.69, 9.17) is 0 Å². The third-order valence-electron chi connectivity index (χ3n) is 3.60. The van der Waals surface area contributed by atoms with Crippen molar-refractivity contribution in [3.63, 3.8) is 0 Å². The first-order valence-electron chi connectivity index (χ1n) is 8.69. The van der Waals surface area contributed by atoms with Crippen LogP contribution in [0.4, 0.5) is 0 Å². The molecule has 1 radical (unpaired) electrons. The third-order valence-corrected chi connectivity index (χ3v) is 3.60. The molecular weight excluding hydrogens is 324 g/mol. The molecule has 0 aliphatic heterocycles. The van der Waals surface area contributed by atoms with E-state index in [0.717, 1.165) is 38.5 Å². The molecule has 0 saturated heterocycles. The van der Waals surface area contributed by atoms with Crippen LogP contribution in [0, 0.1) is 20.2 Å². The Hall–Kier alpha value is -2.31. The van der Waals surface area contributed by atoms with E-state index < -0.39 is 9.85 Å². The monoisotopic (exact) mass is 351 g/mol. The minimum absolute atomic E-state index is 0.0157. The fourth-order valence-corrected chi connectivity index (χ4v) is 2.23. The van der Waals surface area contributed by atoms with Gasteiger partial charge in [-0.3, -0.25) is 25.0 Å². The molecule has 0 spiro atoms. The molecule has 0 aromatic rings. The molecule has 0 aromatic carbocycles. The minimum atomic E-state index is -0.499. The number of nitro groups is 2. The van der Waals surface area contributed by atoms with E-state index in [1.165, 1.54) is 12.2 Å². The molecule has 0 aromatic heterocycles. The van der Waals surface area contributed by atoms with Crippen LogP contribution in [0.25, 0.3) is 0 Å². The Balaban J connectivity index is 4.20. The van der Waals surface area contributed by atoms with E-state index in [1.54, 1.807) is 13.0 Å². The van der Waals surface area contributed by atoms with Crippen molar-refractivity contribution in [3.8, 4) is 0 Å². The van der Waals surface area contributed by atoms with Crippen molar-refractivity contribution in [1.29, 1.82) is 0 Å². The summed E-state index contributed by atoms with van der Waals surface area (Å²) in [6.45, 7) is 1.78. The van der Waals surface area contributed by atoms with Crippen molar-refractivity contribution in [2.45, 2.75) is 71.1 Å². The topological polar surface area (TPSA) is 103 Å². The van der Waals surface area contributed by atoms with Gasteiger partial charge in [-0.05, 0) is 37.8 Å². The fraction of sp³-hybridized carbons (Fsp3) is 0.611. The average molecular weight is 351 g/mol. The van der Waals surface area contributed by atoms with Gasteiger partial charge >= 0.3 is 0 Å². The van der Waals surface area contributed by atoms with Crippen LogP contribution in [0.1, 0.15) is 71.1 Å². The van der Waals surface area contributed by atoms with Gasteiger partial charge in [0.2, 0.25) is 11.4 Å². The van der Waals surface area contributed by atoms with Crippen LogP contribution in [0.5, 0.6) is 0 Å². The summed E-state index contributed by atoms with van der Waals surface area (Å²) < 4.78 is 0. The molecule has 0 unspecified atom stereocenters. The first kappa shape index (κ1) is 22.7. The predicted molar refractivity (Wildman–Crippen MR) is 96.8 cm³/mol. The Morgan fingerprint density at radius 1 is 0.880 bits per heavy atom. The maximum Gasteiger partial charge on any atom is 0.246 e. The molecule has 0 fully saturated rings. The van der Waals surface area contributed by atoms with Crippen LogP contribution < -0.4 is 0 Å². The number of hydrogen-bond acceptors (Lipinski definition) is 5. The number of rotatable bonds is 15. The van der Waals surface area contributed by atoms with Crippen molar-refractivity contribution in [3.05, 3.63) is 55.9 Å². The lowest BCUT2D eigenvalue weighted by atomic mass is 10.1. The highest BCUT2D eigenvalue weighted by molar-refractivity contribution is 5.50. The summed E-state index contributed by atoms with van der Waals surface area (Å²) in [5.74, 6) is 0. The van der Waals surface area contributed by atoms with Gasteiger partial charge in [0, 0.05) is 6.42 Å². The summed E-state index contributed by atoms with van der Waals surface area (Å²) >= 11 is 0. The molecule has 0 bridgehead atoms. The molecule has 0 saturated carbocycles. The maximum atomic E-state index is 11.0. The van der Waals surface area contributed by atoms with E-state index >= 15 is 0 Å². The van der Waals surface area contributed by atoms with Crippen molar-refractivity contribution < 1.29 is 14.6 Å². The highest BCUT2D eigenvalue weighted by atomic mass is 16.6. The molecule has 0 aliphatic rings. The molecular formula is C18H27N2O5. The molecule has 7 nitrogen and oxygen atoms in total. The standard InChI is InChI=1S/C18H27N2O5/c1-2-12-17(19(22)23)14-15-18(20(24)25)13-10-8-6-4-3-5-7-9-11-16-21/h8,10,12,15H,2-7,9,11,13-14H2,1H3/b10-8+,17-12-,18-15-. The van der Waals surface area contributed by atoms with Crippen LogP contribution in [-0.4, -0.2) is 16.1 Å². The Labute approximate surface area is 148 Å². The van der Waals surface area contributed by atoms with Crippen molar-refractivity contribution in [1.82, 2.24) is 0 Å². The smallest absolute Gasteiger partial charge is 0.246 e. The molecule has 139 valence electrons. The van der Waals surface area contributed by atoms with Crippen LogP contribution in [0.2, 0.25) is 0 Å². The SMILES string of the molecule is CC/C=C(/C/C=C(/C/C=C/CCCCCCC[C]=O)[N+](=O)[O-])[N+](=O)[O-]. The molecule has 0 amide bonds. The zero-order valence-corrected chi connectivity index (χ0v) is 14.8. The van der Waals surface area contributed by atoms with E-state index in [0.29, 0.717) is 12.8 Å². The Morgan fingerprint density at radius 2 is 1.48 bits per heavy atom. The normalized spacial score (nSPS) is 12.5. The van der Waals surface area contributed by atoms with Gasteiger partial charge in [-0.25, -0.2) is 0 Å². The van der Waals surface area contributed by atoms with Crippen molar-refractivity contribution in [2.75, 3.05) is 0 Å². The average Bonchev–Trinajstić information content (AvgIpc) is 2.57. The first-order chi connectivity index (χ1) is 12.0. The van der Waals surface area contributed by atoms with Crippen LogP contribution in [0.15, 0.2) is 35.7 Å². The summed E-state index contributed by atoms with van der Waals surface area (Å²) in [7, 11) is 0. The van der Waals surface area contributed by atoms with E-state index in [1.807, 2.05) is 12.4 Å². The van der Waals surface area contributed by atoms with Crippen LogP contribution in [-0.2, 0) is 4.79 Å². The van der Waals surface area contributed by atoms with E-state index in [9.17, 15) is 25.0 Å². The number of unbranched alkanes of at least 4 members (excludes halogenated alkanes) is 6. The first-order valence-corrected chi connectivity index (χ1v) is 8.69. The van der Waals surface area contributed by atoms with Gasteiger partial charge in [0.05, 0.1) is 22.7 Å². The Bertz CT molecular complexity index is 510. The quantitative estimate of drug-likeness (QED) is 0.181. The van der Waals surface area contributed by atoms with Gasteiger partial charge in [0.15, 0.2) is 6.29 Å². The van der Waals surface area contributed by atoms with Gasteiger partial charge in [0.1, 0.15) is 0 Å². The van der Waals surface area contributed by atoms with Gasteiger partial charge in [-0.15, -0.1) is 0 Å². The number of nitrogens with zero attached hydrogens (tertiary/aromatic N) is 2. The number of carbonyl (C=O) groups excluding carboxylic acids is 1. The third kappa shape index (κ3) is 12.7. The summed E-state index contributed by atoms with van der Waals surface area (Å²) in [4.78, 5) is 30.9. The second-order valence-electron chi connectivity index (χ2n) is 5.64. The molecule has 0 heterocycles. The maximum absolute atomic E-state index is 11.0. The molecule has 7 heteroatoms. The molecule has 0 N–H and O–H groups in total. The molecule has 25 heavy (non-hydrogen) atoms. The summed E-state index contributed by atoms with van der Waals surface area (Å²) in [6, 6.07) is 0. The lowest BCUT2D eigenvalue weighted by Gasteiger charge is -1.98.